The van der Waals surface area contributed by atoms with Crippen LogP contribution in [-0.2, 0) is 0 Å². The van der Waals surface area contributed by atoms with Gasteiger partial charge in [0.25, 0.3) is 0 Å². The number of anilines is 1. The summed E-state index contributed by atoms with van der Waals surface area (Å²) < 4.78 is 1.45. The normalized spacial score (nSPS) is 14.0. The predicted octanol–water partition coefficient (Wildman–Crippen LogP) is 0.271. The number of rotatable bonds is 0. The smallest absolute Gasteiger partial charge is 0.400 e. The van der Waals surface area contributed by atoms with E-state index < -0.39 is 0 Å². The van der Waals surface area contributed by atoms with Crippen LogP contribution in [0.15, 0.2) is 30.4 Å². The third-order valence-electron chi connectivity index (χ3n) is 3.03. The summed E-state index contributed by atoms with van der Waals surface area (Å²) in [6, 6.07) is 5.21. The molecule has 0 saturated carbocycles. The maximum Gasteiger partial charge on any atom is 0.461 e. The molecule has 0 fully saturated rings. The van der Waals surface area contributed by atoms with Gasteiger partial charge in [0.1, 0.15) is 0 Å². The first-order valence-electron chi connectivity index (χ1n) is 6.30. The minimum absolute atomic E-state index is 0.0911. The topological polar surface area (TPSA) is 99.1 Å². The van der Waals surface area contributed by atoms with E-state index in [9.17, 15) is 4.79 Å². The van der Waals surface area contributed by atoms with E-state index in [1.54, 1.807) is 23.1 Å². The van der Waals surface area contributed by atoms with Gasteiger partial charge in [0, 0.05) is 18.9 Å². The molecule has 0 bridgehead atoms. The first kappa shape index (κ1) is 14.0. The summed E-state index contributed by atoms with van der Waals surface area (Å²) in [5.74, 6) is 0. The number of H-pyrrole nitrogens is 1. The van der Waals surface area contributed by atoms with Crippen molar-refractivity contribution in [3.05, 3.63) is 30.4 Å². The fraction of sp³-hybridized carbons (Fsp3) is 0.308. The summed E-state index contributed by atoms with van der Waals surface area (Å²) in [6.07, 6.45) is 4.98. The Labute approximate surface area is 116 Å². The molecule has 0 saturated heterocycles. The van der Waals surface area contributed by atoms with Crippen LogP contribution in [0.5, 0.6) is 0 Å². The number of benzene rings is 1. The number of aromatic nitrogens is 3. The highest BCUT2D eigenvalue weighted by Crippen LogP contribution is 2.11. The van der Waals surface area contributed by atoms with Gasteiger partial charge in [-0.2, -0.15) is 0 Å². The van der Waals surface area contributed by atoms with Gasteiger partial charge >= 0.3 is 6.03 Å². The van der Waals surface area contributed by atoms with Crippen LogP contribution in [0.2, 0.25) is 0 Å². The fourth-order valence-corrected chi connectivity index (χ4v) is 2.08. The number of nitrogens with zero attached hydrogens (tertiary/aromatic N) is 3. The second-order valence-electron chi connectivity index (χ2n) is 4.28. The van der Waals surface area contributed by atoms with Crippen LogP contribution in [0.4, 0.5) is 10.5 Å². The largest absolute Gasteiger partial charge is 0.461 e. The zero-order valence-corrected chi connectivity index (χ0v) is 11.3. The van der Waals surface area contributed by atoms with Crippen LogP contribution in [0, 0.1) is 0 Å². The van der Waals surface area contributed by atoms with Gasteiger partial charge in [-0.15, -0.1) is 5.21 Å². The Hall–Kier alpha value is -2.41. The van der Waals surface area contributed by atoms with E-state index in [1.165, 1.54) is 4.68 Å². The lowest BCUT2D eigenvalue weighted by Crippen LogP contribution is -2.54. The van der Waals surface area contributed by atoms with E-state index in [1.807, 2.05) is 6.08 Å². The first-order chi connectivity index (χ1) is 9.75. The van der Waals surface area contributed by atoms with Crippen molar-refractivity contribution < 1.29 is 14.6 Å². The highest BCUT2D eigenvalue weighted by atomic mass is 16.2. The summed E-state index contributed by atoms with van der Waals surface area (Å²) in [6.45, 7) is 1.37. The fourth-order valence-electron chi connectivity index (χ4n) is 2.08. The molecule has 2 aromatic rings. The van der Waals surface area contributed by atoms with Crippen molar-refractivity contribution in [3.8, 4) is 0 Å². The molecule has 0 spiro atoms. The molecule has 1 aliphatic heterocycles. The number of aliphatic hydroxyl groups is 1. The van der Waals surface area contributed by atoms with Gasteiger partial charge in [0.05, 0.1) is 13.1 Å². The van der Waals surface area contributed by atoms with Crippen molar-refractivity contribution in [2.24, 2.45) is 0 Å². The van der Waals surface area contributed by atoms with Gasteiger partial charge < -0.3 is 10.8 Å². The molecular weight excluding hydrogens is 258 g/mol. The Morgan fingerprint density at radius 1 is 1.45 bits per heavy atom. The third-order valence-corrected chi connectivity index (χ3v) is 3.03. The highest BCUT2D eigenvalue weighted by Gasteiger charge is 2.25. The van der Waals surface area contributed by atoms with Gasteiger partial charge in [0.15, 0.2) is 5.52 Å². The molecule has 1 aliphatic rings. The number of amides is 1. The predicted molar refractivity (Wildman–Crippen MR) is 75.0 cm³/mol. The van der Waals surface area contributed by atoms with Crippen LogP contribution in [0.25, 0.3) is 11.0 Å². The van der Waals surface area contributed by atoms with E-state index >= 15 is 0 Å². The molecule has 106 valence electrons. The van der Waals surface area contributed by atoms with Crippen LogP contribution >= 0.6 is 0 Å². The summed E-state index contributed by atoms with van der Waals surface area (Å²) in [4.78, 5) is 14.1. The Morgan fingerprint density at radius 3 is 2.95 bits per heavy atom. The van der Waals surface area contributed by atoms with Gasteiger partial charge in [0.2, 0.25) is 5.52 Å². The molecule has 0 radical (unpaired) electrons. The molecule has 3 rings (SSSR count). The van der Waals surface area contributed by atoms with Crippen molar-refractivity contribution in [2.75, 3.05) is 25.9 Å². The summed E-state index contributed by atoms with van der Waals surface area (Å²) in [5, 5.41) is 13.8. The van der Waals surface area contributed by atoms with Gasteiger partial charge in [-0.3, -0.25) is 4.90 Å². The molecule has 2 heterocycles. The molecule has 1 aromatic heterocycles. The van der Waals surface area contributed by atoms with Gasteiger partial charge in [-0.25, -0.2) is 4.79 Å². The number of hydrogen-bond acceptors (Lipinski definition) is 4. The maximum atomic E-state index is 12.3. The Balaban J connectivity index is 0.000000704. The molecule has 1 amide bonds. The molecule has 0 atom stereocenters. The lowest BCUT2D eigenvalue weighted by atomic mass is 10.2. The number of aromatic amines is 1. The zero-order chi connectivity index (χ0) is 14.5. The van der Waals surface area contributed by atoms with Crippen molar-refractivity contribution in [3.63, 3.8) is 0 Å². The lowest BCUT2D eigenvalue weighted by molar-refractivity contribution is -0.616. The van der Waals surface area contributed by atoms with Crippen molar-refractivity contribution in [1.29, 1.82) is 0 Å². The van der Waals surface area contributed by atoms with Crippen LogP contribution in [0.1, 0.15) is 6.42 Å². The average Bonchev–Trinajstić information content (AvgIpc) is 2.92. The SMILES string of the molecule is CO.Nc1ccc2c(c1)n[nH][n+]2C(=O)N1CC=CCC1. The molecule has 0 unspecified atom stereocenters. The van der Waals surface area contributed by atoms with Crippen molar-refractivity contribution >= 4 is 22.8 Å². The molecule has 7 heteroatoms. The van der Waals surface area contributed by atoms with Crippen LogP contribution in [0.3, 0.4) is 0 Å². The van der Waals surface area contributed by atoms with E-state index in [0.29, 0.717) is 17.7 Å². The molecular formula is C13H18N5O2+. The second kappa shape index (κ2) is 6.16. The molecule has 0 aliphatic carbocycles. The number of hydrogen-bond donors (Lipinski definition) is 3. The first-order valence-corrected chi connectivity index (χ1v) is 6.30. The lowest BCUT2D eigenvalue weighted by Gasteiger charge is -2.16. The monoisotopic (exact) mass is 276 g/mol. The molecule has 1 aromatic carbocycles. The average molecular weight is 276 g/mol. The number of nitrogen functional groups attached to an aromatic ring is 1. The van der Waals surface area contributed by atoms with Crippen molar-refractivity contribution in [1.82, 2.24) is 15.2 Å². The molecule has 4 N–H and O–H groups in total. The van der Waals surface area contributed by atoms with Gasteiger partial charge in [-0.1, -0.05) is 16.8 Å². The van der Waals surface area contributed by atoms with Gasteiger partial charge in [-0.05, 0) is 23.7 Å². The summed E-state index contributed by atoms with van der Waals surface area (Å²) >= 11 is 0. The zero-order valence-electron chi connectivity index (χ0n) is 11.3. The summed E-state index contributed by atoms with van der Waals surface area (Å²) in [5.41, 5.74) is 7.75. The van der Waals surface area contributed by atoms with E-state index in [2.05, 4.69) is 16.4 Å². The summed E-state index contributed by atoms with van der Waals surface area (Å²) in [7, 11) is 1.00. The number of carbonyl (C=O) groups excluding carboxylic acids is 1. The van der Waals surface area contributed by atoms with Crippen LogP contribution in [-0.4, -0.2) is 46.5 Å². The van der Waals surface area contributed by atoms with Crippen molar-refractivity contribution in [2.45, 2.75) is 6.42 Å². The quantitative estimate of drug-likeness (QED) is 0.365. The molecule has 20 heavy (non-hydrogen) atoms. The van der Waals surface area contributed by atoms with E-state index in [0.717, 1.165) is 25.6 Å². The Morgan fingerprint density at radius 2 is 2.25 bits per heavy atom. The molecule has 7 nitrogen and oxygen atoms in total. The Kier molecular flexibility index (Phi) is 4.31. The van der Waals surface area contributed by atoms with Crippen LogP contribution < -0.4 is 10.4 Å². The number of nitrogens with two attached hydrogens (primary N) is 1. The number of fused-ring (bicyclic) bond motifs is 1. The highest BCUT2D eigenvalue weighted by molar-refractivity contribution is 5.78. The number of carbonyl (C=O) groups is 1. The standard InChI is InChI=1S/C12H13N5O.CH4O/c13-9-4-5-11-10(8-9)14-15-17(11)12(18)16-6-2-1-3-7-16;1-2/h1-2,4-5,8H,3,6-7,13H2;2H,1H3/p+1. The van der Waals surface area contributed by atoms with E-state index in [-0.39, 0.29) is 6.03 Å². The van der Waals surface area contributed by atoms with E-state index in [4.69, 9.17) is 10.8 Å². The second-order valence-corrected chi connectivity index (χ2v) is 4.28. The minimum Gasteiger partial charge on any atom is -0.400 e. The maximum absolute atomic E-state index is 12.3. The minimum atomic E-state index is -0.0911. The number of nitrogens with one attached hydrogen (secondary N) is 1. The Bertz CT molecular complexity index is 635. The number of aliphatic hydroxyl groups excluding tert-OH is 1. The third kappa shape index (κ3) is 2.62.